The van der Waals surface area contributed by atoms with Crippen LogP contribution >= 0.6 is 0 Å². The number of cyclic esters (lactones) is 4. The maximum absolute atomic E-state index is 16.4. The normalized spacial score (nSPS) is 15.7. The Morgan fingerprint density at radius 2 is 0.730 bits per heavy atom. The number of carbonyl (C=O) groups excluding carboxylic acids is 4. The van der Waals surface area contributed by atoms with Crippen molar-refractivity contribution < 1.29 is 81.3 Å². The molecule has 0 unspecified atom stereocenters. The van der Waals surface area contributed by atoms with Gasteiger partial charge >= 0.3 is 36.0 Å². The quantitative estimate of drug-likeness (QED) is 0.241. The van der Waals surface area contributed by atoms with Gasteiger partial charge in [0.25, 0.3) is 0 Å². The summed E-state index contributed by atoms with van der Waals surface area (Å²) in [6.07, 6.45) is -7.32. The van der Waals surface area contributed by atoms with Gasteiger partial charge in [0.1, 0.15) is 11.1 Å². The van der Waals surface area contributed by atoms with Gasteiger partial charge in [-0.3, -0.25) is 0 Å². The zero-order chi connectivity index (χ0) is 28.2. The number of carbonyl (C=O) groups is 4. The van der Waals surface area contributed by atoms with E-state index in [2.05, 4.69) is 9.47 Å². The van der Waals surface area contributed by atoms with Crippen molar-refractivity contribution in [2.75, 3.05) is 0 Å². The molecule has 4 rings (SSSR count). The molecule has 6 nitrogen and oxygen atoms in total. The first-order valence-electron chi connectivity index (χ1n) is 8.90. The zero-order valence-electron chi connectivity index (χ0n) is 16.5. The maximum Gasteiger partial charge on any atom is 0.457 e. The molecule has 37 heavy (non-hydrogen) atoms. The highest BCUT2D eigenvalue weighted by atomic mass is 19.4. The van der Waals surface area contributed by atoms with E-state index in [0.29, 0.717) is 0 Å². The molecule has 0 atom stereocenters. The van der Waals surface area contributed by atoms with Crippen LogP contribution in [0.1, 0.15) is 52.6 Å². The Kier molecular flexibility index (Phi) is 5.23. The standard InChI is InChI=1S/C19F12O6/c20-7-3-1(13(32)36-15(3)34)5(9(22)11(7)24)17(26,18(27,28)19(29,30)31)6-2-4(16(35)37-14(2)33)8(21)12(25)10(6)23. The molecular weight excluding hydrogens is 552 g/mol. The minimum Gasteiger partial charge on any atom is -0.386 e. The number of hydrogen-bond acceptors (Lipinski definition) is 6. The molecule has 2 heterocycles. The van der Waals surface area contributed by atoms with Crippen LogP contribution in [0.25, 0.3) is 0 Å². The Bertz CT molecular complexity index is 1400. The van der Waals surface area contributed by atoms with E-state index >= 15 is 4.39 Å². The summed E-state index contributed by atoms with van der Waals surface area (Å²) < 4.78 is 180. The molecular formula is C19F12O6. The Hall–Kier alpha value is -4.12. The van der Waals surface area contributed by atoms with E-state index in [4.69, 9.17) is 0 Å². The van der Waals surface area contributed by atoms with E-state index in [1.165, 1.54) is 0 Å². The molecule has 0 saturated carbocycles. The van der Waals surface area contributed by atoms with E-state index in [9.17, 15) is 67.5 Å². The van der Waals surface area contributed by atoms with Gasteiger partial charge in [0.2, 0.25) is 5.67 Å². The summed E-state index contributed by atoms with van der Waals surface area (Å²) >= 11 is 0. The smallest absolute Gasteiger partial charge is 0.386 e. The summed E-state index contributed by atoms with van der Waals surface area (Å²) in [4.78, 5) is 47.2. The predicted molar refractivity (Wildman–Crippen MR) is 85.0 cm³/mol. The van der Waals surface area contributed by atoms with Gasteiger partial charge in [-0.2, -0.15) is 22.0 Å². The average molecular weight is 552 g/mol. The summed E-state index contributed by atoms with van der Waals surface area (Å²) in [5, 5.41) is 0. The molecule has 0 bridgehead atoms. The second-order valence-electron chi connectivity index (χ2n) is 7.22. The van der Waals surface area contributed by atoms with Crippen LogP contribution in [0, 0.1) is 34.9 Å². The largest absolute Gasteiger partial charge is 0.457 e. The zero-order valence-corrected chi connectivity index (χ0v) is 16.5. The lowest BCUT2D eigenvalue weighted by atomic mass is 9.75. The van der Waals surface area contributed by atoms with Gasteiger partial charge in [0, 0.05) is 0 Å². The Morgan fingerprint density at radius 1 is 0.432 bits per heavy atom. The van der Waals surface area contributed by atoms with Gasteiger partial charge in [-0.15, -0.1) is 0 Å². The molecule has 0 spiro atoms. The summed E-state index contributed by atoms with van der Waals surface area (Å²) in [6, 6.07) is 0. The maximum atomic E-state index is 16.4. The van der Waals surface area contributed by atoms with Crippen LogP contribution < -0.4 is 0 Å². The predicted octanol–water partition coefficient (Wildman–Crippen LogP) is 4.55. The van der Waals surface area contributed by atoms with E-state index in [1.54, 1.807) is 0 Å². The van der Waals surface area contributed by atoms with Gasteiger partial charge in [-0.1, -0.05) is 0 Å². The first-order valence-corrected chi connectivity index (χ1v) is 8.90. The first kappa shape index (κ1) is 26.0. The third-order valence-electron chi connectivity index (χ3n) is 5.31. The van der Waals surface area contributed by atoms with E-state index in [1.807, 2.05) is 0 Å². The fraction of sp³-hybridized carbons (Fsp3) is 0.158. The number of fused-ring (bicyclic) bond motifs is 2. The van der Waals surface area contributed by atoms with Crippen molar-refractivity contribution in [3.05, 3.63) is 68.3 Å². The lowest BCUT2D eigenvalue weighted by Crippen LogP contribution is -2.55. The van der Waals surface area contributed by atoms with E-state index in [0.717, 1.165) is 0 Å². The topological polar surface area (TPSA) is 86.7 Å². The molecule has 2 aromatic rings. The first-order chi connectivity index (χ1) is 16.8. The molecule has 2 aliphatic rings. The van der Waals surface area contributed by atoms with Gasteiger partial charge in [-0.05, 0) is 0 Å². The fourth-order valence-corrected chi connectivity index (χ4v) is 3.77. The Labute approximate surface area is 192 Å². The van der Waals surface area contributed by atoms with Crippen molar-refractivity contribution in [3.63, 3.8) is 0 Å². The average Bonchev–Trinajstić information content (AvgIpc) is 3.23. The molecule has 18 heteroatoms. The minimum atomic E-state index is -7.34. The molecule has 2 aromatic carbocycles. The number of ether oxygens (including phenoxy) is 2. The summed E-state index contributed by atoms with van der Waals surface area (Å²) in [6.45, 7) is 0. The summed E-state index contributed by atoms with van der Waals surface area (Å²) in [5.41, 5.74) is -22.6. The molecule has 0 fully saturated rings. The van der Waals surface area contributed by atoms with Gasteiger partial charge < -0.3 is 9.47 Å². The van der Waals surface area contributed by atoms with Crippen LogP contribution in [0.2, 0.25) is 0 Å². The van der Waals surface area contributed by atoms with Crippen LogP contribution in [-0.2, 0) is 15.1 Å². The third-order valence-corrected chi connectivity index (χ3v) is 5.31. The second-order valence-corrected chi connectivity index (χ2v) is 7.22. The second kappa shape index (κ2) is 7.45. The van der Waals surface area contributed by atoms with Gasteiger partial charge in [-0.25, -0.2) is 49.9 Å². The Morgan fingerprint density at radius 3 is 1.03 bits per heavy atom. The lowest BCUT2D eigenvalue weighted by Gasteiger charge is -2.36. The van der Waals surface area contributed by atoms with Crippen molar-refractivity contribution in [1.82, 2.24) is 0 Å². The highest BCUT2D eigenvalue weighted by molar-refractivity contribution is 6.17. The fourth-order valence-electron chi connectivity index (χ4n) is 3.77. The van der Waals surface area contributed by atoms with E-state index < -0.39 is 110 Å². The van der Waals surface area contributed by atoms with Crippen molar-refractivity contribution in [2.24, 2.45) is 0 Å². The number of alkyl halides is 6. The monoisotopic (exact) mass is 552 g/mol. The molecule has 0 radical (unpaired) electrons. The Balaban J connectivity index is 2.36. The molecule has 0 aliphatic carbocycles. The SMILES string of the molecule is O=C1OC(=O)c2c1c(F)c(F)c(F)c2C(F)(c1c(F)c(F)c(F)c2c1C(=O)OC2=O)C(F)(F)C(F)(F)F. The highest BCUT2D eigenvalue weighted by Crippen LogP contribution is 2.58. The number of halogens is 12. The van der Waals surface area contributed by atoms with Crippen LogP contribution in [0.3, 0.4) is 0 Å². The van der Waals surface area contributed by atoms with Crippen LogP contribution in [-0.4, -0.2) is 36.0 Å². The van der Waals surface area contributed by atoms with Crippen molar-refractivity contribution >= 4 is 23.9 Å². The number of esters is 4. The van der Waals surface area contributed by atoms with Crippen molar-refractivity contribution in [3.8, 4) is 0 Å². The molecule has 0 N–H and O–H groups in total. The molecule has 196 valence electrons. The van der Waals surface area contributed by atoms with Gasteiger partial charge in [0.15, 0.2) is 34.9 Å². The van der Waals surface area contributed by atoms with Crippen LogP contribution in [0.5, 0.6) is 0 Å². The molecule has 0 amide bonds. The number of hydrogen-bond donors (Lipinski definition) is 0. The summed E-state index contributed by atoms with van der Waals surface area (Å²) in [7, 11) is 0. The van der Waals surface area contributed by atoms with Gasteiger partial charge in [0.05, 0.1) is 22.3 Å². The minimum absolute atomic E-state index is 2.24. The highest BCUT2D eigenvalue weighted by Gasteiger charge is 2.76. The van der Waals surface area contributed by atoms with Crippen molar-refractivity contribution in [1.29, 1.82) is 0 Å². The number of benzene rings is 2. The molecule has 0 saturated heterocycles. The molecule has 0 aromatic heterocycles. The number of rotatable bonds is 3. The van der Waals surface area contributed by atoms with Crippen molar-refractivity contribution in [2.45, 2.75) is 17.8 Å². The van der Waals surface area contributed by atoms with Crippen LogP contribution in [0.15, 0.2) is 0 Å². The van der Waals surface area contributed by atoms with Crippen LogP contribution in [0.4, 0.5) is 52.7 Å². The summed E-state index contributed by atoms with van der Waals surface area (Å²) in [5.74, 6) is -35.9. The molecule has 2 aliphatic heterocycles. The third kappa shape index (κ3) is 2.97. The lowest BCUT2D eigenvalue weighted by molar-refractivity contribution is -0.324. The van der Waals surface area contributed by atoms with E-state index in [-0.39, 0.29) is 0 Å².